The summed E-state index contributed by atoms with van der Waals surface area (Å²) >= 11 is 0. The molecule has 0 amide bonds. The minimum atomic E-state index is -1.47. The Balaban J connectivity index is 2.59. The van der Waals surface area contributed by atoms with Crippen molar-refractivity contribution in [1.82, 2.24) is 0 Å². The molecule has 4 nitrogen and oxygen atoms in total. The van der Waals surface area contributed by atoms with Crippen LogP contribution in [0.15, 0.2) is 24.3 Å². The fourth-order valence-corrected chi connectivity index (χ4v) is 1.14. The molecule has 0 radical (unpaired) electrons. The number of benzene rings is 1. The normalized spacial score (nSPS) is 12.3. The van der Waals surface area contributed by atoms with Crippen LogP contribution in [0, 0.1) is 0 Å². The van der Waals surface area contributed by atoms with Gasteiger partial charge in [0.1, 0.15) is 5.75 Å². The first-order valence-corrected chi connectivity index (χ1v) is 4.38. The summed E-state index contributed by atoms with van der Waals surface area (Å²) in [5, 5.41) is 17.6. The van der Waals surface area contributed by atoms with Gasteiger partial charge in [0.05, 0.1) is 7.11 Å². The lowest BCUT2D eigenvalue weighted by Gasteiger charge is -2.10. The fraction of sp³-hybridized carbons (Fsp3) is 0.333. The Labute approximate surface area is 83.5 Å². The van der Waals surface area contributed by atoms with Gasteiger partial charge in [0.15, 0.2) is 0 Å². The highest BCUT2D eigenvalue weighted by atomic mass is 16.5. The van der Waals surface area contributed by atoms with Gasteiger partial charge < -0.3 is 20.5 Å². The third kappa shape index (κ3) is 3.03. The molecule has 14 heavy (non-hydrogen) atoms. The molecule has 0 saturated carbocycles. The number of hydrogen-bond acceptors (Lipinski definition) is 4. The van der Waals surface area contributed by atoms with Crippen molar-refractivity contribution in [2.24, 2.45) is 5.73 Å². The van der Waals surface area contributed by atoms with Crippen molar-refractivity contribution in [1.29, 1.82) is 0 Å². The summed E-state index contributed by atoms with van der Waals surface area (Å²) in [6, 6.07) is 7.32. The van der Waals surface area contributed by atoms with E-state index in [1.165, 1.54) is 0 Å². The lowest BCUT2D eigenvalue weighted by Crippen LogP contribution is -2.40. The second kappa shape index (κ2) is 5.00. The van der Waals surface area contributed by atoms with Crippen LogP contribution < -0.4 is 10.5 Å². The Morgan fingerprint density at radius 3 is 2.36 bits per heavy atom. The molecule has 4 N–H and O–H groups in total. The first-order valence-electron chi connectivity index (χ1n) is 4.38. The molecule has 0 aliphatic heterocycles. The smallest absolute Gasteiger partial charge is 0.469 e. The number of rotatable bonds is 4. The summed E-state index contributed by atoms with van der Waals surface area (Å²) in [4.78, 5) is 0. The predicted octanol–water partition coefficient (Wildman–Crippen LogP) is -0.423. The maximum atomic E-state index is 8.79. The molecule has 0 heterocycles. The van der Waals surface area contributed by atoms with Crippen LogP contribution in [-0.4, -0.2) is 30.2 Å². The van der Waals surface area contributed by atoms with Gasteiger partial charge in [-0.05, 0) is 24.1 Å². The Kier molecular flexibility index (Phi) is 3.94. The zero-order valence-corrected chi connectivity index (χ0v) is 8.05. The summed E-state index contributed by atoms with van der Waals surface area (Å²) < 4.78 is 4.99. The Morgan fingerprint density at radius 1 is 1.36 bits per heavy atom. The molecule has 0 bridgehead atoms. The van der Waals surface area contributed by atoms with E-state index in [0.717, 1.165) is 11.3 Å². The molecule has 1 aromatic carbocycles. The molecule has 1 aromatic rings. The highest BCUT2D eigenvalue weighted by Gasteiger charge is 2.18. The lowest BCUT2D eigenvalue weighted by atomic mass is 9.77. The molecule has 5 heteroatoms. The van der Waals surface area contributed by atoms with Crippen LogP contribution in [0.3, 0.4) is 0 Å². The van der Waals surface area contributed by atoms with Crippen LogP contribution in [0.4, 0.5) is 0 Å². The van der Waals surface area contributed by atoms with Gasteiger partial charge in [-0.1, -0.05) is 12.1 Å². The van der Waals surface area contributed by atoms with Gasteiger partial charge >= 0.3 is 7.12 Å². The summed E-state index contributed by atoms with van der Waals surface area (Å²) in [6.45, 7) is 0. The standard InChI is InChI=1S/C9H14BNO3/c1-14-8-4-2-7(3-5-8)6-9(11)10(12)13/h2-5,9,12-13H,6,11H2,1H3/t9-/m0/s1. The van der Waals surface area contributed by atoms with Gasteiger partial charge in [0, 0.05) is 5.94 Å². The largest absolute Gasteiger partial charge is 0.497 e. The average Bonchev–Trinajstić information content (AvgIpc) is 2.19. The van der Waals surface area contributed by atoms with E-state index in [-0.39, 0.29) is 0 Å². The van der Waals surface area contributed by atoms with Gasteiger partial charge in [-0.15, -0.1) is 0 Å². The van der Waals surface area contributed by atoms with Crippen molar-refractivity contribution in [3.63, 3.8) is 0 Å². The van der Waals surface area contributed by atoms with Gasteiger partial charge in [-0.2, -0.15) is 0 Å². The van der Waals surface area contributed by atoms with Crippen molar-refractivity contribution in [3.05, 3.63) is 29.8 Å². The second-order valence-corrected chi connectivity index (χ2v) is 3.13. The summed E-state index contributed by atoms with van der Waals surface area (Å²) in [5.41, 5.74) is 6.44. The van der Waals surface area contributed by atoms with Crippen LogP contribution >= 0.6 is 0 Å². The molecule has 0 aromatic heterocycles. The van der Waals surface area contributed by atoms with Crippen molar-refractivity contribution >= 4 is 7.12 Å². The summed E-state index contributed by atoms with van der Waals surface area (Å²) in [6.07, 6.45) is 0.432. The molecule has 0 unspecified atom stereocenters. The Morgan fingerprint density at radius 2 is 1.93 bits per heavy atom. The third-order valence-electron chi connectivity index (χ3n) is 2.01. The lowest BCUT2D eigenvalue weighted by molar-refractivity contribution is 0.386. The number of methoxy groups -OCH3 is 1. The summed E-state index contributed by atoms with van der Waals surface area (Å²) in [5.74, 6) is 0.121. The van der Waals surface area contributed by atoms with E-state index in [9.17, 15) is 0 Å². The highest BCUT2D eigenvalue weighted by Crippen LogP contribution is 2.12. The predicted molar refractivity (Wildman–Crippen MR) is 54.9 cm³/mol. The zero-order valence-electron chi connectivity index (χ0n) is 8.05. The van der Waals surface area contributed by atoms with E-state index >= 15 is 0 Å². The molecular weight excluding hydrogens is 181 g/mol. The van der Waals surface area contributed by atoms with Gasteiger partial charge in [0.2, 0.25) is 0 Å². The van der Waals surface area contributed by atoms with E-state index in [2.05, 4.69) is 0 Å². The van der Waals surface area contributed by atoms with E-state index in [1.807, 2.05) is 24.3 Å². The monoisotopic (exact) mass is 195 g/mol. The van der Waals surface area contributed by atoms with E-state index < -0.39 is 13.1 Å². The quantitative estimate of drug-likeness (QED) is 0.570. The van der Waals surface area contributed by atoms with Crippen molar-refractivity contribution in [2.75, 3.05) is 7.11 Å². The maximum absolute atomic E-state index is 8.79. The van der Waals surface area contributed by atoms with Crippen LogP contribution in [0.2, 0.25) is 0 Å². The van der Waals surface area contributed by atoms with Crippen molar-refractivity contribution < 1.29 is 14.8 Å². The zero-order chi connectivity index (χ0) is 10.6. The third-order valence-corrected chi connectivity index (χ3v) is 2.01. The van der Waals surface area contributed by atoms with Gasteiger partial charge in [-0.25, -0.2) is 0 Å². The Hall–Kier alpha value is -1.04. The molecular formula is C9H14BNO3. The topological polar surface area (TPSA) is 75.7 Å². The van der Waals surface area contributed by atoms with Gasteiger partial charge in [0.25, 0.3) is 0 Å². The number of nitrogens with two attached hydrogens (primary N) is 1. The molecule has 1 rings (SSSR count). The van der Waals surface area contributed by atoms with E-state index in [0.29, 0.717) is 6.42 Å². The maximum Gasteiger partial charge on any atom is 0.469 e. The van der Waals surface area contributed by atoms with Crippen molar-refractivity contribution in [3.8, 4) is 5.75 Å². The highest BCUT2D eigenvalue weighted by molar-refractivity contribution is 6.43. The van der Waals surface area contributed by atoms with E-state index in [4.69, 9.17) is 20.5 Å². The van der Waals surface area contributed by atoms with Crippen LogP contribution in [0.25, 0.3) is 0 Å². The molecule has 0 aliphatic rings. The first-order chi connectivity index (χ1) is 6.63. The SMILES string of the molecule is COc1ccc(C[C@H](N)B(O)O)cc1. The number of ether oxygens (including phenoxy) is 1. The molecule has 0 saturated heterocycles. The van der Waals surface area contributed by atoms with Crippen LogP contribution in [0.5, 0.6) is 5.75 Å². The molecule has 1 atom stereocenters. The minimum absolute atomic E-state index is 0.432. The van der Waals surface area contributed by atoms with Crippen LogP contribution in [0.1, 0.15) is 5.56 Å². The van der Waals surface area contributed by atoms with Crippen LogP contribution in [-0.2, 0) is 6.42 Å². The second-order valence-electron chi connectivity index (χ2n) is 3.13. The molecule has 0 spiro atoms. The summed E-state index contributed by atoms with van der Waals surface area (Å²) in [7, 11) is 0.121. The molecule has 0 fully saturated rings. The fourth-order valence-electron chi connectivity index (χ4n) is 1.14. The average molecular weight is 195 g/mol. The minimum Gasteiger partial charge on any atom is -0.497 e. The molecule has 76 valence electrons. The van der Waals surface area contributed by atoms with Gasteiger partial charge in [-0.3, -0.25) is 0 Å². The molecule has 0 aliphatic carbocycles. The Bertz CT molecular complexity index is 276. The number of hydrogen-bond donors (Lipinski definition) is 3. The first kappa shape index (κ1) is 11.0. The van der Waals surface area contributed by atoms with Crippen molar-refractivity contribution in [2.45, 2.75) is 12.4 Å². The van der Waals surface area contributed by atoms with E-state index in [1.54, 1.807) is 7.11 Å².